The number of carbonyl (C=O) groups excluding carboxylic acids is 1. The fraction of sp³-hybridized carbons (Fsp3) is 0.107. The minimum atomic E-state index is -4.09. The molecule has 1 aliphatic heterocycles. The van der Waals surface area contributed by atoms with Crippen molar-refractivity contribution < 1.29 is 27.4 Å². The molecule has 37 heavy (non-hydrogen) atoms. The van der Waals surface area contributed by atoms with Gasteiger partial charge in [0, 0.05) is 17.3 Å². The lowest BCUT2D eigenvalue weighted by atomic mass is 10.2. The summed E-state index contributed by atoms with van der Waals surface area (Å²) in [6, 6.07) is 27.2. The Morgan fingerprint density at radius 1 is 0.892 bits per heavy atom. The first kappa shape index (κ1) is 24.2. The summed E-state index contributed by atoms with van der Waals surface area (Å²) in [5.74, 6) is 1.09. The Hall–Kier alpha value is -4.50. The van der Waals surface area contributed by atoms with E-state index in [4.69, 9.17) is 14.2 Å². The van der Waals surface area contributed by atoms with Crippen LogP contribution < -0.4 is 23.8 Å². The SMILES string of the molecule is COc1ccccc1N(Cc1ccccc1)S(=O)(=O)c1cccc(C(=O)Nc2ccc3c(c2)OCO3)c1. The molecule has 0 spiro atoms. The molecule has 8 nitrogen and oxygen atoms in total. The maximum absolute atomic E-state index is 14.0. The maximum Gasteiger partial charge on any atom is 0.264 e. The molecule has 0 aliphatic carbocycles. The first-order chi connectivity index (χ1) is 18.0. The van der Waals surface area contributed by atoms with E-state index in [0.29, 0.717) is 28.6 Å². The summed E-state index contributed by atoms with van der Waals surface area (Å²) in [5, 5.41) is 2.78. The maximum atomic E-state index is 14.0. The van der Waals surface area contributed by atoms with Crippen LogP contribution in [0.5, 0.6) is 17.2 Å². The van der Waals surface area contributed by atoms with Gasteiger partial charge in [0.1, 0.15) is 5.75 Å². The molecule has 1 heterocycles. The zero-order valence-electron chi connectivity index (χ0n) is 20.0. The number of rotatable bonds is 8. The molecular weight excluding hydrogens is 492 g/mol. The topological polar surface area (TPSA) is 94.2 Å². The van der Waals surface area contributed by atoms with Gasteiger partial charge in [-0.05, 0) is 48.0 Å². The number of nitrogens with zero attached hydrogens (tertiary/aromatic N) is 1. The standard InChI is InChI=1S/C28H24N2O6S/c1-34-25-13-6-5-12-24(25)30(18-20-8-3-2-4-9-20)37(32,33)23-11-7-10-21(16-23)28(31)29-22-14-15-26-27(17-22)36-19-35-26/h2-17H,18-19H2,1H3,(H,29,31). The van der Waals surface area contributed by atoms with Crippen LogP contribution in [0.4, 0.5) is 11.4 Å². The normalized spacial score (nSPS) is 12.1. The molecule has 1 amide bonds. The Balaban J connectivity index is 1.48. The van der Waals surface area contributed by atoms with E-state index in [-0.39, 0.29) is 23.8 Å². The zero-order valence-corrected chi connectivity index (χ0v) is 20.8. The van der Waals surface area contributed by atoms with E-state index in [1.807, 2.05) is 30.3 Å². The van der Waals surface area contributed by atoms with Crippen molar-refractivity contribution in [2.45, 2.75) is 11.4 Å². The van der Waals surface area contributed by atoms with Crippen LogP contribution in [-0.2, 0) is 16.6 Å². The van der Waals surface area contributed by atoms with E-state index >= 15 is 0 Å². The molecule has 0 unspecified atom stereocenters. The minimum absolute atomic E-state index is 0.0207. The number of methoxy groups -OCH3 is 1. The summed E-state index contributed by atoms with van der Waals surface area (Å²) in [7, 11) is -2.59. The second-order valence-corrected chi connectivity index (χ2v) is 10.1. The first-order valence-electron chi connectivity index (χ1n) is 11.5. The van der Waals surface area contributed by atoms with Crippen LogP contribution in [0.25, 0.3) is 0 Å². The molecule has 0 saturated heterocycles. The van der Waals surface area contributed by atoms with Gasteiger partial charge in [0.25, 0.3) is 15.9 Å². The fourth-order valence-electron chi connectivity index (χ4n) is 3.99. The van der Waals surface area contributed by atoms with E-state index in [9.17, 15) is 13.2 Å². The number of nitrogens with one attached hydrogen (secondary N) is 1. The van der Waals surface area contributed by atoms with Gasteiger partial charge in [-0.25, -0.2) is 8.42 Å². The van der Waals surface area contributed by atoms with Crippen LogP contribution in [0.2, 0.25) is 0 Å². The lowest BCUT2D eigenvalue weighted by Crippen LogP contribution is -2.31. The van der Waals surface area contributed by atoms with Gasteiger partial charge >= 0.3 is 0 Å². The highest BCUT2D eigenvalue weighted by atomic mass is 32.2. The van der Waals surface area contributed by atoms with Gasteiger partial charge < -0.3 is 19.5 Å². The van der Waals surface area contributed by atoms with Crippen LogP contribution >= 0.6 is 0 Å². The number of benzene rings is 4. The summed E-state index contributed by atoms with van der Waals surface area (Å²) in [5.41, 5.74) is 1.89. The smallest absolute Gasteiger partial charge is 0.264 e. The summed E-state index contributed by atoms with van der Waals surface area (Å²) in [6.07, 6.45) is 0. The van der Waals surface area contributed by atoms with Crippen LogP contribution in [0, 0.1) is 0 Å². The molecular formula is C28H24N2O6S. The summed E-state index contributed by atoms with van der Waals surface area (Å²) >= 11 is 0. The molecule has 0 saturated carbocycles. The number of ether oxygens (including phenoxy) is 3. The average molecular weight is 517 g/mol. The summed E-state index contributed by atoms with van der Waals surface area (Å²) < 4.78 is 45.4. The van der Waals surface area contributed by atoms with Gasteiger partial charge in [-0.15, -0.1) is 0 Å². The molecule has 0 bridgehead atoms. The molecule has 1 N–H and O–H groups in total. The van der Waals surface area contributed by atoms with E-state index in [2.05, 4.69) is 5.32 Å². The van der Waals surface area contributed by atoms with Crippen molar-refractivity contribution in [3.05, 3.63) is 108 Å². The Kier molecular flexibility index (Phi) is 6.70. The van der Waals surface area contributed by atoms with E-state index in [0.717, 1.165) is 5.56 Å². The molecule has 4 aromatic carbocycles. The van der Waals surface area contributed by atoms with Gasteiger partial charge in [-0.1, -0.05) is 48.5 Å². The second kappa shape index (κ2) is 10.2. The van der Waals surface area contributed by atoms with Crippen LogP contribution in [-0.4, -0.2) is 28.2 Å². The van der Waals surface area contributed by atoms with Gasteiger partial charge in [0.05, 0.1) is 24.2 Å². The van der Waals surface area contributed by atoms with Crippen molar-refractivity contribution in [2.24, 2.45) is 0 Å². The fourth-order valence-corrected chi connectivity index (χ4v) is 5.50. The molecule has 0 radical (unpaired) electrons. The Bertz CT molecular complexity index is 1540. The van der Waals surface area contributed by atoms with E-state index < -0.39 is 15.9 Å². The molecule has 1 aliphatic rings. The number of hydrogen-bond acceptors (Lipinski definition) is 6. The molecule has 5 rings (SSSR count). The predicted octanol–water partition coefficient (Wildman–Crippen LogP) is 5.07. The number of fused-ring (bicyclic) bond motifs is 1. The van der Waals surface area contributed by atoms with Gasteiger partial charge in [-0.2, -0.15) is 0 Å². The van der Waals surface area contributed by atoms with Crippen molar-refractivity contribution in [1.82, 2.24) is 0 Å². The average Bonchev–Trinajstić information content (AvgIpc) is 3.40. The molecule has 0 fully saturated rings. The number of carbonyl (C=O) groups is 1. The third-order valence-corrected chi connectivity index (χ3v) is 7.59. The van der Waals surface area contributed by atoms with Crippen molar-refractivity contribution in [1.29, 1.82) is 0 Å². The van der Waals surface area contributed by atoms with Crippen molar-refractivity contribution in [3.63, 3.8) is 0 Å². The van der Waals surface area contributed by atoms with Crippen LogP contribution in [0.1, 0.15) is 15.9 Å². The third-order valence-electron chi connectivity index (χ3n) is 5.84. The zero-order chi connectivity index (χ0) is 25.8. The number of sulfonamides is 1. The van der Waals surface area contributed by atoms with E-state index in [1.54, 1.807) is 54.6 Å². The van der Waals surface area contributed by atoms with Crippen LogP contribution in [0.15, 0.2) is 102 Å². The monoisotopic (exact) mass is 516 g/mol. The largest absolute Gasteiger partial charge is 0.495 e. The molecule has 4 aromatic rings. The number of amides is 1. The second-order valence-electron chi connectivity index (χ2n) is 8.22. The highest BCUT2D eigenvalue weighted by Gasteiger charge is 2.28. The van der Waals surface area contributed by atoms with Crippen molar-refractivity contribution in [2.75, 3.05) is 23.5 Å². The Morgan fingerprint density at radius 3 is 2.46 bits per heavy atom. The predicted molar refractivity (Wildman–Crippen MR) is 140 cm³/mol. The highest BCUT2D eigenvalue weighted by Crippen LogP contribution is 2.35. The highest BCUT2D eigenvalue weighted by molar-refractivity contribution is 7.92. The number of hydrogen-bond donors (Lipinski definition) is 1. The number of para-hydroxylation sites is 2. The lowest BCUT2D eigenvalue weighted by Gasteiger charge is -2.26. The van der Waals surface area contributed by atoms with Crippen molar-refractivity contribution in [3.8, 4) is 17.2 Å². The van der Waals surface area contributed by atoms with Crippen LogP contribution in [0.3, 0.4) is 0 Å². The van der Waals surface area contributed by atoms with Gasteiger partial charge in [0.15, 0.2) is 11.5 Å². The van der Waals surface area contributed by atoms with Gasteiger partial charge in [-0.3, -0.25) is 9.10 Å². The Morgan fingerprint density at radius 2 is 1.65 bits per heavy atom. The number of anilines is 2. The Labute approximate surface area is 215 Å². The van der Waals surface area contributed by atoms with Gasteiger partial charge in [0.2, 0.25) is 6.79 Å². The molecule has 9 heteroatoms. The quantitative estimate of drug-likeness (QED) is 0.351. The molecule has 188 valence electrons. The summed E-state index contributed by atoms with van der Waals surface area (Å²) in [6.45, 7) is 0.204. The first-order valence-corrected chi connectivity index (χ1v) is 12.9. The molecule has 0 atom stereocenters. The van der Waals surface area contributed by atoms with Crippen molar-refractivity contribution >= 4 is 27.3 Å². The minimum Gasteiger partial charge on any atom is -0.495 e. The third kappa shape index (κ3) is 5.07. The molecule has 0 aromatic heterocycles. The lowest BCUT2D eigenvalue weighted by molar-refractivity contribution is 0.102. The summed E-state index contributed by atoms with van der Waals surface area (Å²) in [4.78, 5) is 13.0. The van der Waals surface area contributed by atoms with E-state index in [1.165, 1.54) is 23.5 Å².